The summed E-state index contributed by atoms with van der Waals surface area (Å²) in [4.78, 5) is 31.8. The van der Waals surface area contributed by atoms with Gasteiger partial charge in [-0.25, -0.2) is 4.98 Å². The van der Waals surface area contributed by atoms with Crippen LogP contribution in [0.1, 0.15) is 44.7 Å². The van der Waals surface area contributed by atoms with Gasteiger partial charge in [-0.3, -0.25) is 9.59 Å². The molecule has 5 nitrogen and oxygen atoms in total. The molecule has 0 atom stereocenters. The van der Waals surface area contributed by atoms with Crippen molar-refractivity contribution in [1.82, 2.24) is 9.97 Å². The number of rotatable bonds is 5. The first-order chi connectivity index (χ1) is 12.7. The van der Waals surface area contributed by atoms with Crippen molar-refractivity contribution in [1.29, 1.82) is 0 Å². The van der Waals surface area contributed by atoms with Crippen molar-refractivity contribution >= 4 is 45.7 Å². The summed E-state index contributed by atoms with van der Waals surface area (Å²) in [7, 11) is 0. The van der Waals surface area contributed by atoms with Crippen molar-refractivity contribution in [2.24, 2.45) is 0 Å². The molecule has 140 valence electrons. The number of carbonyl (C=O) groups excluding carboxylic acids is 2. The number of carbonyl (C=O) groups is 2. The van der Waals surface area contributed by atoms with E-state index < -0.39 is 0 Å². The third kappa shape index (κ3) is 3.57. The number of H-pyrrole nitrogens is 1. The highest BCUT2D eigenvalue weighted by Gasteiger charge is 2.21. The number of fused-ring (bicyclic) bond motifs is 1. The molecule has 27 heavy (non-hydrogen) atoms. The van der Waals surface area contributed by atoms with Crippen molar-refractivity contribution in [3.8, 4) is 5.75 Å². The zero-order chi connectivity index (χ0) is 19.9. The molecule has 1 N–H and O–H groups in total. The number of pyridine rings is 1. The van der Waals surface area contributed by atoms with Crippen LogP contribution in [0.2, 0.25) is 10.0 Å². The third-order valence-corrected chi connectivity index (χ3v) is 4.99. The normalized spacial score (nSPS) is 11.0. The van der Waals surface area contributed by atoms with Gasteiger partial charge in [0, 0.05) is 22.3 Å². The molecule has 0 amide bonds. The van der Waals surface area contributed by atoms with Crippen LogP contribution in [-0.2, 0) is 0 Å². The topological polar surface area (TPSA) is 72.0 Å². The largest absolute Gasteiger partial charge is 0.482 e. The summed E-state index contributed by atoms with van der Waals surface area (Å²) in [6.45, 7) is 6.57. The molecule has 0 aliphatic heterocycles. The lowest BCUT2D eigenvalue weighted by atomic mass is 10.1. The first kappa shape index (κ1) is 19.4. The zero-order valence-electron chi connectivity index (χ0n) is 15.4. The van der Waals surface area contributed by atoms with Gasteiger partial charge in [0.2, 0.25) is 5.78 Å². The van der Waals surface area contributed by atoms with Gasteiger partial charge in [0.1, 0.15) is 5.52 Å². The van der Waals surface area contributed by atoms with E-state index >= 15 is 0 Å². The average molecular weight is 405 g/mol. The van der Waals surface area contributed by atoms with Crippen molar-refractivity contribution in [3.63, 3.8) is 0 Å². The number of hydrogen-bond donors (Lipinski definition) is 1. The Morgan fingerprint density at radius 1 is 1.15 bits per heavy atom. The van der Waals surface area contributed by atoms with E-state index in [1.165, 1.54) is 6.92 Å². The predicted octanol–water partition coefficient (Wildman–Crippen LogP) is 5.26. The van der Waals surface area contributed by atoms with Crippen molar-refractivity contribution in [3.05, 3.63) is 56.5 Å². The van der Waals surface area contributed by atoms with E-state index in [0.29, 0.717) is 44.2 Å². The smallest absolute Gasteiger partial charge is 0.216 e. The number of halogens is 2. The van der Waals surface area contributed by atoms with Gasteiger partial charge in [0.25, 0.3) is 0 Å². The van der Waals surface area contributed by atoms with Gasteiger partial charge in [-0.15, -0.1) is 0 Å². The minimum absolute atomic E-state index is 0.0902. The second-order valence-electron chi connectivity index (χ2n) is 6.41. The highest BCUT2D eigenvalue weighted by Crippen LogP contribution is 2.37. The van der Waals surface area contributed by atoms with E-state index in [1.807, 2.05) is 19.1 Å². The quantitative estimate of drug-likeness (QED) is 0.588. The maximum Gasteiger partial charge on any atom is 0.216 e. The second kappa shape index (κ2) is 7.33. The highest BCUT2D eigenvalue weighted by atomic mass is 35.5. The Labute approximate surface area is 166 Å². The number of nitrogens with one attached hydrogen (secondary N) is 1. The molecule has 0 fully saturated rings. The third-order valence-electron chi connectivity index (χ3n) is 4.39. The van der Waals surface area contributed by atoms with Crippen LogP contribution in [0, 0.1) is 20.8 Å². The minimum Gasteiger partial charge on any atom is -0.482 e. The number of Topliss-reactive ketones (excluding diaryl/α,β-unsaturated/α-hetero) is 2. The number of ketones is 2. The van der Waals surface area contributed by atoms with Gasteiger partial charge in [-0.2, -0.15) is 0 Å². The molecule has 0 unspecified atom stereocenters. The van der Waals surface area contributed by atoms with Gasteiger partial charge in [0.05, 0.1) is 15.7 Å². The molecule has 3 rings (SSSR count). The second-order valence-corrected chi connectivity index (χ2v) is 7.23. The molecule has 2 heterocycles. The first-order valence-corrected chi connectivity index (χ1v) is 9.07. The number of nitrogens with zero attached hydrogens (tertiary/aromatic N) is 1. The number of aromatic nitrogens is 2. The molecule has 0 bridgehead atoms. The SMILES string of the molecule is CC(=O)c1c(C)[nH]c(C(=O)COc2c(Cl)cc(Cl)c3ccc(C)nc23)c1C. The Bertz CT molecular complexity index is 1090. The fraction of sp³-hybridized carbons (Fsp3) is 0.250. The number of aryl methyl sites for hydroxylation is 2. The molecule has 0 saturated heterocycles. The van der Waals surface area contributed by atoms with E-state index in [4.69, 9.17) is 27.9 Å². The van der Waals surface area contributed by atoms with Crippen LogP contribution in [0.5, 0.6) is 5.75 Å². The van der Waals surface area contributed by atoms with Gasteiger partial charge >= 0.3 is 0 Å². The molecule has 2 aromatic heterocycles. The molecule has 7 heteroatoms. The number of benzene rings is 1. The lowest BCUT2D eigenvalue weighted by molar-refractivity contribution is 0.0917. The molecule has 0 aliphatic rings. The van der Waals surface area contributed by atoms with E-state index in [9.17, 15) is 9.59 Å². The number of hydrogen-bond acceptors (Lipinski definition) is 4. The lowest BCUT2D eigenvalue weighted by Crippen LogP contribution is -2.14. The van der Waals surface area contributed by atoms with Crippen LogP contribution in [0.4, 0.5) is 0 Å². The van der Waals surface area contributed by atoms with Gasteiger partial charge in [0.15, 0.2) is 18.1 Å². The maximum atomic E-state index is 12.7. The molecule has 0 spiro atoms. The maximum absolute atomic E-state index is 12.7. The molecular formula is C20H18Cl2N2O3. The average Bonchev–Trinajstić information content (AvgIpc) is 2.88. The van der Waals surface area contributed by atoms with E-state index in [2.05, 4.69) is 9.97 Å². The Balaban J connectivity index is 1.94. The lowest BCUT2D eigenvalue weighted by Gasteiger charge is -2.12. The number of ether oxygens (including phenoxy) is 1. The molecule has 1 aromatic carbocycles. The van der Waals surface area contributed by atoms with Crippen molar-refractivity contribution in [2.75, 3.05) is 6.61 Å². The minimum atomic E-state index is -0.282. The summed E-state index contributed by atoms with van der Waals surface area (Å²) in [5.41, 5.74) is 3.45. The summed E-state index contributed by atoms with van der Waals surface area (Å²) < 4.78 is 5.73. The van der Waals surface area contributed by atoms with Gasteiger partial charge < -0.3 is 9.72 Å². The summed E-state index contributed by atoms with van der Waals surface area (Å²) in [5, 5.41) is 1.44. The van der Waals surface area contributed by atoms with Crippen LogP contribution in [0.3, 0.4) is 0 Å². The van der Waals surface area contributed by atoms with Crippen molar-refractivity contribution in [2.45, 2.75) is 27.7 Å². The molecule has 0 aliphatic carbocycles. The van der Waals surface area contributed by atoms with Crippen LogP contribution in [0.25, 0.3) is 10.9 Å². The Morgan fingerprint density at radius 2 is 1.85 bits per heavy atom. The Kier molecular flexibility index (Phi) is 5.27. The summed E-state index contributed by atoms with van der Waals surface area (Å²) >= 11 is 12.5. The van der Waals surface area contributed by atoms with Crippen LogP contribution in [0.15, 0.2) is 18.2 Å². The summed E-state index contributed by atoms with van der Waals surface area (Å²) in [6.07, 6.45) is 0. The Hall–Kier alpha value is -2.37. The van der Waals surface area contributed by atoms with Crippen LogP contribution >= 0.6 is 23.2 Å². The Morgan fingerprint density at radius 3 is 2.48 bits per heavy atom. The van der Waals surface area contributed by atoms with E-state index in [-0.39, 0.29) is 23.2 Å². The first-order valence-electron chi connectivity index (χ1n) is 8.32. The van der Waals surface area contributed by atoms with Crippen molar-refractivity contribution < 1.29 is 14.3 Å². The van der Waals surface area contributed by atoms with E-state index in [1.54, 1.807) is 19.9 Å². The zero-order valence-corrected chi connectivity index (χ0v) is 16.9. The van der Waals surface area contributed by atoms with Crippen LogP contribution < -0.4 is 4.74 Å². The summed E-state index contributed by atoms with van der Waals surface area (Å²) in [6, 6.07) is 5.24. The number of aromatic amines is 1. The fourth-order valence-corrected chi connectivity index (χ4v) is 3.76. The molecule has 3 aromatic rings. The van der Waals surface area contributed by atoms with Gasteiger partial charge in [-0.05, 0) is 51.5 Å². The van der Waals surface area contributed by atoms with E-state index in [0.717, 1.165) is 5.69 Å². The highest BCUT2D eigenvalue weighted by molar-refractivity contribution is 6.39. The molecular weight excluding hydrogens is 387 g/mol. The molecule has 0 radical (unpaired) electrons. The fourth-order valence-electron chi connectivity index (χ4n) is 3.19. The molecule has 0 saturated carbocycles. The monoisotopic (exact) mass is 404 g/mol. The van der Waals surface area contributed by atoms with Crippen LogP contribution in [-0.4, -0.2) is 28.1 Å². The van der Waals surface area contributed by atoms with Gasteiger partial charge in [-0.1, -0.05) is 23.2 Å². The standard InChI is InChI=1S/C20H18Cl2N2O3/c1-9-5-6-13-14(21)7-15(22)20(19(13)23-9)27-8-16(26)18-10(2)17(12(4)25)11(3)24-18/h5-7,24H,8H2,1-4H3. The summed E-state index contributed by atoms with van der Waals surface area (Å²) in [5.74, 6) is -0.0663. The predicted molar refractivity (Wildman–Crippen MR) is 107 cm³/mol.